The maximum absolute atomic E-state index is 11.6. The number of hydrogen-bond acceptors (Lipinski definition) is 7. The number of benzene rings is 1. The van der Waals surface area contributed by atoms with E-state index in [1.165, 1.54) is 42.6 Å². The van der Waals surface area contributed by atoms with Gasteiger partial charge in [-0.1, -0.05) is 23.7 Å². The monoisotopic (exact) mass is 365 g/mol. The fraction of sp³-hybridized carbons (Fsp3) is 0.133. The summed E-state index contributed by atoms with van der Waals surface area (Å²) < 4.78 is 9.77. The number of hydrogen-bond donors (Lipinski definition) is 1. The number of pyridine rings is 1. The van der Waals surface area contributed by atoms with Gasteiger partial charge in [-0.25, -0.2) is 9.78 Å². The third-order valence-electron chi connectivity index (χ3n) is 2.77. The number of rotatable bonds is 7. The van der Waals surface area contributed by atoms with E-state index in [-0.39, 0.29) is 17.3 Å². The number of nitro groups is 1. The molecule has 0 saturated heterocycles. The zero-order valence-corrected chi connectivity index (χ0v) is 13.4. The highest BCUT2D eigenvalue weighted by Crippen LogP contribution is 2.25. The standard InChI is InChI=1S/C15H12ClN3O6/c16-10-5-6-13(17-7-10)18-14(20)8-25-15(21)9-24-12-4-2-1-3-11(12)19(22)23/h1-7H,8-9H2,(H,17,18,20). The van der Waals surface area contributed by atoms with Crippen LogP contribution in [-0.4, -0.2) is 35.0 Å². The van der Waals surface area contributed by atoms with Gasteiger partial charge in [-0.05, 0) is 18.2 Å². The molecule has 0 aliphatic heterocycles. The number of nitrogens with zero attached hydrogens (tertiary/aromatic N) is 2. The third kappa shape index (κ3) is 5.74. The van der Waals surface area contributed by atoms with E-state index in [9.17, 15) is 19.7 Å². The Morgan fingerprint density at radius 2 is 1.96 bits per heavy atom. The van der Waals surface area contributed by atoms with Gasteiger partial charge in [-0.2, -0.15) is 0 Å². The zero-order valence-electron chi connectivity index (χ0n) is 12.7. The first-order valence-corrected chi connectivity index (χ1v) is 7.27. The molecular weight excluding hydrogens is 354 g/mol. The first-order valence-electron chi connectivity index (χ1n) is 6.89. The Balaban J connectivity index is 1.78. The maximum atomic E-state index is 11.6. The normalized spacial score (nSPS) is 9.96. The molecule has 2 rings (SSSR count). The Labute approximate surface area is 146 Å². The lowest BCUT2D eigenvalue weighted by atomic mass is 10.3. The van der Waals surface area contributed by atoms with Crippen LogP contribution in [0.4, 0.5) is 11.5 Å². The molecule has 0 fully saturated rings. The molecule has 0 unspecified atom stereocenters. The van der Waals surface area contributed by atoms with Crippen LogP contribution in [0.2, 0.25) is 5.02 Å². The summed E-state index contributed by atoms with van der Waals surface area (Å²) in [6, 6.07) is 8.62. The highest BCUT2D eigenvalue weighted by atomic mass is 35.5. The first kappa shape index (κ1) is 18.1. The minimum Gasteiger partial charge on any atom is -0.475 e. The molecule has 2 aromatic rings. The van der Waals surface area contributed by atoms with Crippen molar-refractivity contribution < 1.29 is 24.0 Å². The molecule has 0 bridgehead atoms. The summed E-state index contributed by atoms with van der Waals surface area (Å²) in [7, 11) is 0. The number of anilines is 1. The molecule has 1 aromatic heterocycles. The number of aromatic nitrogens is 1. The fourth-order valence-electron chi connectivity index (χ4n) is 1.68. The number of nitrogens with one attached hydrogen (secondary N) is 1. The molecule has 0 saturated carbocycles. The summed E-state index contributed by atoms with van der Waals surface area (Å²) in [5.41, 5.74) is -0.276. The second-order valence-corrected chi connectivity index (χ2v) is 5.02. The highest BCUT2D eigenvalue weighted by Gasteiger charge is 2.16. The summed E-state index contributed by atoms with van der Waals surface area (Å²) in [4.78, 5) is 37.2. The van der Waals surface area contributed by atoms with Gasteiger partial charge >= 0.3 is 11.7 Å². The molecule has 10 heteroatoms. The molecular formula is C15H12ClN3O6. The second-order valence-electron chi connectivity index (χ2n) is 4.58. The van der Waals surface area contributed by atoms with Gasteiger partial charge in [0.2, 0.25) is 0 Å². The molecule has 1 N–H and O–H groups in total. The van der Waals surface area contributed by atoms with Crippen molar-refractivity contribution in [3.8, 4) is 5.75 Å². The molecule has 0 spiro atoms. The fourth-order valence-corrected chi connectivity index (χ4v) is 1.79. The van der Waals surface area contributed by atoms with Gasteiger partial charge in [0, 0.05) is 12.3 Å². The Morgan fingerprint density at radius 3 is 2.64 bits per heavy atom. The van der Waals surface area contributed by atoms with Crippen LogP contribution >= 0.6 is 11.6 Å². The molecule has 1 amide bonds. The molecule has 1 heterocycles. The van der Waals surface area contributed by atoms with E-state index in [0.29, 0.717) is 5.02 Å². The number of esters is 1. The Bertz CT molecular complexity index is 781. The molecule has 25 heavy (non-hydrogen) atoms. The van der Waals surface area contributed by atoms with Gasteiger partial charge in [0.05, 0.1) is 9.95 Å². The van der Waals surface area contributed by atoms with Gasteiger partial charge in [0.1, 0.15) is 5.82 Å². The molecule has 9 nitrogen and oxygen atoms in total. The number of amides is 1. The summed E-state index contributed by atoms with van der Waals surface area (Å²) in [6.45, 7) is -1.12. The third-order valence-corrected chi connectivity index (χ3v) is 2.99. The van der Waals surface area contributed by atoms with Crippen molar-refractivity contribution in [1.82, 2.24) is 4.98 Å². The SMILES string of the molecule is O=C(COC(=O)COc1ccccc1[N+](=O)[O-])Nc1ccc(Cl)cn1. The lowest BCUT2D eigenvalue weighted by Crippen LogP contribution is -2.24. The largest absolute Gasteiger partial charge is 0.475 e. The van der Waals surface area contributed by atoms with E-state index in [1.54, 1.807) is 0 Å². The molecule has 130 valence electrons. The summed E-state index contributed by atoms with van der Waals surface area (Å²) in [5.74, 6) is -1.27. The van der Waals surface area contributed by atoms with Crippen molar-refractivity contribution >= 4 is 35.0 Å². The highest BCUT2D eigenvalue weighted by molar-refractivity contribution is 6.30. The maximum Gasteiger partial charge on any atom is 0.344 e. The van der Waals surface area contributed by atoms with Crippen molar-refractivity contribution in [3.63, 3.8) is 0 Å². The van der Waals surface area contributed by atoms with Gasteiger partial charge in [-0.3, -0.25) is 14.9 Å². The van der Waals surface area contributed by atoms with Crippen molar-refractivity contribution in [3.05, 3.63) is 57.7 Å². The minimum absolute atomic E-state index is 0.0701. The van der Waals surface area contributed by atoms with Gasteiger partial charge in [-0.15, -0.1) is 0 Å². The zero-order chi connectivity index (χ0) is 18.2. The van der Waals surface area contributed by atoms with Crippen LogP contribution < -0.4 is 10.1 Å². The van der Waals surface area contributed by atoms with Crippen molar-refractivity contribution in [2.24, 2.45) is 0 Å². The van der Waals surface area contributed by atoms with Crippen LogP contribution in [0.5, 0.6) is 5.75 Å². The molecule has 0 atom stereocenters. The predicted octanol–water partition coefficient (Wildman–Crippen LogP) is 2.20. The smallest absolute Gasteiger partial charge is 0.344 e. The van der Waals surface area contributed by atoms with Gasteiger partial charge < -0.3 is 14.8 Å². The minimum atomic E-state index is -0.850. The van der Waals surface area contributed by atoms with Crippen molar-refractivity contribution in [1.29, 1.82) is 0 Å². The summed E-state index contributed by atoms with van der Waals surface area (Å²) in [6.07, 6.45) is 1.35. The van der Waals surface area contributed by atoms with E-state index in [1.807, 2.05) is 0 Å². The molecule has 0 aliphatic carbocycles. The predicted molar refractivity (Wildman–Crippen MR) is 87.4 cm³/mol. The quantitative estimate of drug-likeness (QED) is 0.453. The van der Waals surface area contributed by atoms with E-state index in [4.69, 9.17) is 21.1 Å². The van der Waals surface area contributed by atoms with Crippen LogP contribution in [0.1, 0.15) is 0 Å². The number of nitro benzene ring substituents is 1. The van der Waals surface area contributed by atoms with E-state index < -0.39 is 30.0 Å². The Morgan fingerprint density at radius 1 is 1.20 bits per heavy atom. The van der Waals surface area contributed by atoms with E-state index in [0.717, 1.165) is 0 Å². The van der Waals surface area contributed by atoms with Crippen LogP contribution in [0.15, 0.2) is 42.6 Å². The Hall–Kier alpha value is -3.20. The molecule has 0 radical (unpaired) electrons. The summed E-state index contributed by atoms with van der Waals surface area (Å²) in [5, 5.41) is 13.6. The molecule has 1 aromatic carbocycles. The number of ether oxygens (including phenoxy) is 2. The van der Waals surface area contributed by atoms with E-state index >= 15 is 0 Å². The van der Waals surface area contributed by atoms with Gasteiger partial charge in [0.15, 0.2) is 19.0 Å². The number of carbonyl (C=O) groups is 2. The topological polar surface area (TPSA) is 121 Å². The van der Waals surface area contributed by atoms with Gasteiger partial charge in [0.25, 0.3) is 5.91 Å². The first-order chi connectivity index (χ1) is 12.0. The van der Waals surface area contributed by atoms with Crippen LogP contribution in [-0.2, 0) is 14.3 Å². The summed E-state index contributed by atoms with van der Waals surface area (Å²) >= 11 is 5.67. The van der Waals surface area contributed by atoms with Crippen LogP contribution in [0.3, 0.4) is 0 Å². The Kier molecular flexibility index (Phi) is 6.24. The van der Waals surface area contributed by atoms with Crippen molar-refractivity contribution in [2.45, 2.75) is 0 Å². The van der Waals surface area contributed by atoms with Crippen molar-refractivity contribution in [2.75, 3.05) is 18.5 Å². The number of carbonyl (C=O) groups excluding carboxylic acids is 2. The number of halogens is 1. The second kappa shape index (κ2) is 8.60. The lowest BCUT2D eigenvalue weighted by Gasteiger charge is -2.07. The molecule has 0 aliphatic rings. The average molecular weight is 366 g/mol. The van der Waals surface area contributed by atoms with Crippen LogP contribution in [0, 0.1) is 10.1 Å². The lowest BCUT2D eigenvalue weighted by molar-refractivity contribution is -0.385. The van der Waals surface area contributed by atoms with E-state index in [2.05, 4.69) is 10.3 Å². The average Bonchev–Trinajstić information content (AvgIpc) is 2.60. The van der Waals surface area contributed by atoms with Crippen LogP contribution in [0.25, 0.3) is 0 Å². The number of para-hydroxylation sites is 2.